The maximum atomic E-state index is 12.9. The van der Waals surface area contributed by atoms with E-state index in [9.17, 15) is 19.5 Å². The zero-order valence-corrected chi connectivity index (χ0v) is 15.0. The fourth-order valence-electron chi connectivity index (χ4n) is 3.18. The van der Waals surface area contributed by atoms with Crippen molar-refractivity contribution in [2.75, 3.05) is 4.90 Å². The highest BCUT2D eigenvalue weighted by Gasteiger charge is 2.40. The molecule has 0 saturated carbocycles. The minimum Gasteiger partial charge on any atom is -0.478 e. The summed E-state index contributed by atoms with van der Waals surface area (Å²) in [5.41, 5.74) is 0.672. The molecular weight excluding hydrogens is 362 g/mol. The number of carboxylic acid groups (broad SMARTS) is 1. The molecule has 0 spiro atoms. The number of imide groups is 1. The van der Waals surface area contributed by atoms with E-state index in [0.717, 1.165) is 22.5 Å². The van der Waals surface area contributed by atoms with Crippen molar-refractivity contribution in [3.8, 4) is 0 Å². The number of fused-ring (bicyclic) bond motifs is 1. The van der Waals surface area contributed by atoms with Crippen LogP contribution in [0.4, 0.5) is 5.69 Å². The van der Waals surface area contributed by atoms with Gasteiger partial charge >= 0.3 is 5.97 Å². The first-order chi connectivity index (χ1) is 13.0. The van der Waals surface area contributed by atoms with Gasteiger partial charge in [0.15, 0.2) is 0 Å². The van der Waals surface area contributed by atoms with Crippen molar-refractivity contribution in [3.05, 3.63) is 72.3 Å². The minimum absolute atomic E-state index is 0.0459. The van der Waals surface area contributed by atoms with Gasteiger partial charge in [-0.25, -0.2) is 9.69 Å². The quantitative estimate of drug-likeness (QED) is 0.697. The van der Waals surface area contributed by atoms with Crippen molar-refractivity contribution in [2.24, 2.45) is 0 Å². The maximum absolute atomic E-state index is 12.9. The molecule has 0 bridgehead atoms. The second-order valence-corrected chi connectivity index (χ2v) is 7.46. The molecule has 1 aliphatic rings. The molecule has 27 heavy (non-hydrogen) atoms. The lowest BCUT2D eigenvalue weighted by atomic mass is 10.1. The van der Waals surface area contributed by atoms with Crippen molar-refractivity contribution in [3.63, 3.8) is 0 Å². The Labute approximate surface area is 159 Å². The Morgan fingerprint density at radius 2 is 1.67 bits per heavy atom. The van der Waals surface area contributed by atoms with Crippen LogP contribution in [-0.4, -0.2) is 28.1 Å². The van der Waals surface area contributed by atoms with Gasteiger partial charge in [0.2, 0.25) is 11.8 Å². The number of amides is 2. The Bertz CT molecular complexity index is 1080. The van der Waals surface area contributed by atoms with Gasteiger partial charge in [-0.1, -0.05) is 42.5 Å². The smallest absolute Gasteiger partial charge is 0.336 e. The van der Waals surface area contributed by atoms with Gasteiger partial charge in [0, 0.05) is 11.3 Å². The van der Waals surface area contributed by atoms with Crippen molar-refractivity contribution >= 4 is 46.0 Å². The Morgan fingerprint density at radius 1 is 0.963 bits per heavy atom. The highest BCUT2D eigenvalue weighted by atomic mass is 32.2. The molecule has 1 saturated heterocycles. The van der Waals surface area contributed by atoms with Crippen molar-refractivity contribution in [1.29, 1.82) is 0 Å². The third kappa shape index (κ3) is 3.19. The predicted octanol–water partition coefficient (Wildman–Crippen LogP) is 3.96. The Morgan fingerprint density at radius 3 is 2.44 bits per heavy atom. The molecule has 1 fully saturated rings. The topological polar surface area (TPSA) is 74.7 Å². The molecule has 2 amide bonds. The van der Waals surface area contributed by atoms with Crippen LogP contribution in [-0.2, 0) is 9.59 Å². The summed E-state index contributed by atoms with van der Waals surface area (Å²) in [5, 5.41) is 10.7. The van der Waals surface area contributed by atoms with Gasteiger partial charge in [-0.3, -0.25) is 9.59 Å². The maximum Gasteiger partial charge on any atom is 0.336 e. The number of anilines is 1. The summed E-state index contributed by atoms with van der Waals surface area (Å²) in [6.45, 7) is 0. The van der Waals surface area contributed by atoms with Crippen LogP contribution in [0.3, 0.4) is 0 Å². The molecule has 3 aromatic rings. The zero-order valence-electron chi connectivity index (χ0n) is 14.2. The fraction of sp³-hybridized carbons (Fsp3) is 0.0952. The van der Waals surface area contributed by atoms with E-state index < -0.39 is 11.2 Å². The van der Waals surface area contributed by atoms with E-state index in [1.807, 2.05) is 36.4 Å². The summed E-state index contributed by atoms with van der Waals surface area (Å²) in [4.78, 5) is 38.5. The molecule has 1 aliphatic heterocycles. The highest BCUT2D eigenvalue weighted by Crippen LogP contribution is 2.36. The van der Waals surface area contributed by atoms with Crippen molar-refractivity contribution in [2.45, 2.75) is 16.6 Å². The summed E-state index contributed by atoms with van der Waals surface area (Å²) in [7, 11) is 0. The molecule has 1 N–H and O–H groups in total. The molecule has 1 unspecified atom stereocenters. The summed E-state index contributed by atoms with van der Waals surface area (Å²) < 4.78 is 0. The second kappa shape index (κ2) is 6.89. The Kier molecular flexibility index (Phi) is 4.41. The fourth-order valence-corrected chi connectivity index (χ4v) is 4.36. The summed E-state index contributed by atoms with van der Waals surface area (Å²) in [6.07, 6.45) is 0.0459. The largest absolute Gasteiger partial charge is 0.478 e. The second-order valence-electron chi connectivity index (χ2n) is 6.21. The SMILES string of the molecule is O=C(O)c1ccccc1SC1CC(=O)N(c2ccc3ccccc3c2)C1=O. The number of carboxylic acids is 1. The first-order valence-electron chi connectivity index (χ1n) is 8.39. The predicted molar refractivity (Wildman–Crippen MR) is 104 cm³/mol. The summed E-state index contributed by atoms with van der Waals surface area (Å²) in [6, 6.07) is 19.7. The van der Waals surface area contributed by atoms with E-state index in [-0.39, 0.29) is 23.8 Å². The van der Waals surface area contributed by atoms with Gasteiger partial charge in [-0.2, -0.15) is 0 Å². The van der Waals surface area contributed by atoms with Crippen LogP contribution in [0.25, 0.3) is 10.8 Å². The molecular formula is C21H15NO4S. The minimum atomic E-state index is -1.05. The van der Waals surface area contributed by atoms with Gasteiger partial charge < -0.3 is 5.11 Å². The van der Waals surface area contributed by atoms with Crippen LogP contribution in [0.15, 0.2) is 71.6 Å². The standard InChI is InChI=1S/C21H15NO4S/c23-19-12-18(27-17-8-4-3-7-16(17)21(25)26)20(24)22(19)15-10-9-13-5-1-2-6-14(13)11-15/h1-11,18H,12H2,(H,25,26). The van der Waals surface area contributed by atoms with Crippen LogP contribution in [0.2, 0.25) is 0 Å². The third-order valence-electron chi connectivity index (χ3n) is 4.48. The lowest BCUT2D eigenvalue weighted by molar-refractivity contribution is -0.121. The van der Waals surface area contributed by atoms with E-state index >= 15 is 0 Å². The molecule has 1 atom stereocenters. The average molecular weight is 377 g/mol. The molecule has 134 valence electrons. The molecule has 0 aromatic heterocycles. The number of nitrogens with zero attached hydrogens (tertiary/aromatic N) is 1. The first kappa shape index (κ1) is 17.3. The van der Waals surface area contributed by atoms with Gasteiger partial charge in [-0.05, 0) is 35.0 Å². The van der Waals surface area contributed by atoms with Gasteiger partial charge in [0.1, 0.15) is 0 Å². The molecule has 3 aromatic carbocycles. The number of carbonyl (C=O) groups is 3. The molecule has 5 nitrogen and oxygen atoms in total. The molecule has 6 heteroatoms. The van der Waals surface area contributed by atoms with E-state index in [4.69, 9.17) is 0 Å². The number of hydrogen-bond acceptors (Lipinski definition) is 4. The van der Waals surface area contributed by atoms with Crippen LogP contribution in [0.1, 0.15) is 16.8 Å². The lowest BCUT2D eigenvalue weighted by Crippen LogP contribution is -2.31. The van der Waals surface area contributed by atoms with Crippen LogP contribution in [0, 0.1) is 0 Å². The Balaban J connectivity index is 1.63. The molecule has 4 rings (SSSR count). The van der Waals surface area contributed by atoms with E-state index in [0.29, 0.717) is 10.6 Å². The average Bonchev–Trinajstić information content (AvgIpc) is 2.95. The monoisotopic (exact) mass is 377 g/mol. The van der Waals surface area contributed by atoms with E-state index in [1.54, 1.807) is 24.3 Å². The number of aromatic carboxylic acids is 1. The van der Waals surface area contributed by atoms with Crippen LogP contribution < -0.4 is 4.90 Å². The summed E-state index contributed by atoms with van der Waals surface area (Å²) >= 11 is 1.13. The van der Waals surface area contributed by atoms with Gasteiger partial charge in [-0.15, -0.1) is 11.8 Å². The van der Waals surface area contributed by atoms with Crippen molar-refractivity contribution in [1.82, 2.24) is 0 Å². The number of benzene rings is 3. The molecule has 0 radical (unpaired) electrons. The Hall–Kier alpha value is -3.12. The molecule has 1 heterocycles. The zero-order chi connectivity index (χ0) is 19.0. The number of hydrogen-bond donors (Lipinski definition) is 1. The van der Waals surface area contributed by atoms with Crippen LogP contribution in [0.5, 0.6) is 0 Å². The van der Waals surface area contributed by atoms with Crippen molar-refractivity contribution < 1.29 is 19.5 Å². The number of rotatable bonds is 4. The number of thioether (sulfide) groups is 1. The first-order valence-corrected chi connectivity index (χ1v) is 9.27. The van der Waals surface area contributed by atoms with Crippen LogP contribution >= 0.6 is 11.8 Å². The van der Waals surface area contributed by atoms with Gasteiger partial charge in [0.05, 0.1) is 16.5 Å². The summed E-state index contributed by atoms with van der Waals surface area (Å²) in [5.74, 6) is -1.65. The van der Waals surface area contributed by atoms with Gasteiger partial charge in [0.25, 0.3) is 0 Å². The lowest BCUT2D eigenvalue weighted by Gasteiger charge is -2.16. The van der Waals surface area contributed by atoms with E-state index in [1.165, 1.54) is 11.0 Å². The third-order valence-corrected chi connectivity index (χ3v) is 5.75. The van der Waals surface area contributed by atoms with E-state index in [2.05, 4.69) is 0 Å². The highest BCUT2D eigenvalue weighted by molar-refractivity contribution is 8.00. The number of carbonyl (C=O) groups excluding carboxylic acids is 2. The molecule has 0 aliphatic carbocycles. The normalized spacial score (nSPS) is 16.9.